The maximum Gasteiger partial charge on any atom is 0.333 e. The number of fused-ring (bicyclic) bond motifs is 12. The molecule has 4 heterocycles. The van der Waals surface area contributed by atoms with Crippen molar-refractivity contribution in [1.82, 2.24) is 0 Å². The molecule has 67 heavy (non-hydrogen) atoms. The summed E-state index contributed by atoms with van der Waals surface area (Å²) in [6.07, 6.45) is 0. The van der Waals surface area contributed by atoms with E-state index >= 15 is 0 Å². The average molecular weight is 865 g/mol. The van der Waals surface area contributed by atoms with Gasteiger partial charge in [0.2, 0.25) is 0 Å². The van der Waals surface area contributed by atoms with Gasteiger partial charge in [0, 0.05) is 49.9 Å². The maximum atomic E-state index is 7.13. The van der Waals surface area contributed by atoms with Gasteiger partial charge in [0.25, 0.3) is 0 Å². The first kappa shape index (κ1) is 39.6. The molecule has 11 aromatic rings. The summed E-state index contributed by atoms with van der Waals surface area (Å²) in [6, 6.07) is 69.1. The van der Waals surface area contributed by atoms with E-state index in [-0.39, 0.29) is 17.7 Å². The number of hydrogen-bond acceptors (Lipinski definition) is 4. The lowest BCUT2D eigenvalue weighted by Gasteiger charge is -2.46. The van der Waals surface area contributed by atoms with Gasteiger partial charge >= 0.3 is 6.85 Å². The molecule has 0 saturated heterocycles. The highest BCUT2D eigenvalue weighted by Gasteiger charge is 2.48. The molecule has 0 amide bonds. The molecule has 0 unspecified atom stereocenters. The Labute approximate surface area is 391 Å². The molecule has 13 rings (SSSR count). The molecule has 0 fully saturated rings. The molecule has 5 heteroatoms. The third kappa shape index (κ3) is 6.00. The summed E-state index contributed by atoms with van der Waals surface area (Å²) in [5.41, 5.74) is 21.0. The minimum Gasteiger partial charge on any atom is -0.456 e. The molecular weight excluding hydrogens is 816 g/mol. The van der Waals surface area contributed by atoms with Crippen LogP contribution in [0.25, 0.3) is 77.3 Å². The second-order valence-electron chi connectivity index (χ2n) is 20.5. The lowest BCUT2D eigenvalue weighted by atomic mass is 9.43. The molecule has 0 radical (unpaired) electrons. The highest BCUT2D eigenvalue weighted by Crippen LogP contribution is 2.54. The average Bonchev–Trinajstić information content (AvgIpc) is 3.92. The van der Waals surface area contributed by atoms with E-state index in [0.29, 0.717) is 0 Å². The summed E-state index contributed by atoms with van der Waals surface area (Å²) in [5.74, 6) is 0. The van der Waals surface area contributed by atoms with Gasteiger partial charge in [-0.15, -0.1) is 0 Å². The van der Waals surface area contributed by atoms with Gasteiger partial charge in [-0.25, -0.2) is 0 Å². The number of benzene rings is 9. The van der Waals surface area contributed by atoms with Gasteiger partial charge in [-0.2, -0.15) is 0 Å². The van der Waals surface area contributed by atoms with Crippen molar-refractivity contribution in [2.24, 2.45) is 0 Å². The predicted octanol–water partition coefficient (Wildman–Crippen LogP) is 16.1. The van der Waals surface area contributed by atoms with Crippen molar-refractivity contribution in [3.8, 4) is 33.4 Å². The molecule has 0 aliphatic carbocycles. The van der Waals surface area contributed by atoms with E-state index in [1.54, 1.807) is 0 Å². The Morgan fingerprint density at radius 3 is 1.79 bits per heavy atom. The Morgan fingerprint density at radius 2 is 1.07 bits per heavy atom. The third-order valence-electron chi connectivity index (χ3n) is 14.4. The topological polar surface area (TPSA) is 32.8 Å². The minimum atomic E-state index is -0.250. The van der Waals surface area contributed by atoms with Gasteiger partial charge in [0.05, 0.1) is 16.8 Å². The van der Waals surface area contributed by atoms with Gasteiger partial charge < -0.3 is 18.5 Å². The number of anilines is 5. The minimum absolute atomic E-state index is 0.00360. The van der Waals surface area contributed by atoms with E-state index in [2.05, 4.69) is 239 Å². The molecule has 0 N–H and O–H groups in total. The van der Waals surface area contributed by atoms with Gasteiger partial charge in [-0.05, 0) is 104 Å². The van der Waals surface area contributed by atoms with Crippen LogP contribution in [0.4, 0.5) is 28.4 Å². The van der Waals surface area contributed by atoms with Crippen LogP contribution < -0.4 is 20.6 Å². The second kappa shape index (κ2) is 14.4. The highest BCUT2D eigenvalue weighted by atomic mass is 16.3. The van der Waals surface area contributed by atoms with Crippen molar-refractivity contribution >= 4 is 90.1 Å². The maximum absolute atomic E-state index is 7.13. The first-order valence-electron chi connectivity index (χ1n) is 23.5. The molecule has 322 valence electrons. The summed E-state index contributed by atoms with van der Waals surface area (Å²) in [4.78, 5) is 5.19. The van der Waals surface area contributed by atoms with Crippen molar-refractivity contribution in [2.45, 2.75) is 52.4 Å². The zero-order chi connectivity index (χ0) is 45.3. The SMILES string of the molecule is CC(C)(C)c1ccc(N2B3c4ccc5oc6ccccc6c5c4N(c4ccc(C(C)(C)C)cc4-c4ccccc4)c4cc5c(oc6ccccc65)c(c43)-c3ccc(-c4ccccc4)cc32)cc1. The standard InChI is InChI=1S/C62H49BN2O2/c1-61(2,3)41-26-29-43(30-27-41)65-51-35-40(38-17-9-7-10-18-38)25-31-45(51)57-58-52(37-48-44-21-13-15-23-53(44)67-60(48)57)64(50-33-28-42(62(4,5)6)36-47(50)39-19-11-8-12-20-39)59-49(63(58)65)32-34-55-56(59)46-22-14-16-24-54(46)66-55/h7-37H,1-6H3. The third-order valence-corrected chi connectivity index (χ3v) is 14.4. The first-order valence-corrected chi connectivity index (χ1v) is 23.5. The van der Waals surface area contributed by atoms with Crippen molar-refractivity contribution in [3.63, 3.8) is 0 Å². The number of furan rings is 2. The van der Waals surface area contributed by atoms with E-state index < -0.39 is 0 Å². The molecule has 4 nitrogen and oxygen atoms in total. The fourth-order valence-corrected chi connectivity index (χ4v) is 11.0. The Morgan fingerprint density at radius 1 is 0.433 bits per heavy atom. The molecule has 2 aliphatic heterocycles. The van der Waals surface area contributed by atoms with Crippen LogP contribution in [-0.2, 0) is 10.8 Å². The number of rotatable bonds is 4. The van der Waals surface area contributed by atoms with Crippen LogP contribution in [0.1, 0.15) is 52.7 Å². The van der Waals surface area contributed by atoms with Crippen molar-refractivity contribution in [3.05, 3.63) is 199 Å². The Balaban J connectivity index is 1.23. The van der Waals surface area contributed by atoms with Crippen LogP contribution in [-0.4, -0.2) is 6.85 Å². The van der Waals surface area contributed by atoms with Gasteiger partial charge in [0.15, 0.2) is 0 Å². The second-order valence-corrected chi connectivity index (χ2v) is 20.5. The zero-order valence-corrected chi connectivity index (χ0v) is 38.7. The smallest absolute Gasteiger partial charge is 0.333 e. The Bertz CT molecular complexity index is 3780. The van der Waals surface area contributed by atoms with Crippen LogP contribution in [0, 0.1) is 0 Å². The molecule has 9 aromatic carbocycles. The van der Waals surface area contributed by atoms with Crippen LogP contribution in [0.3, 0.4) is 0 Å². The summed E-state index contributed by atoms with van der Waals surface area (Å²) >= 11 is 0. The Hall–Kier alpha value is -7.76. The monoisotopic (exact) mass is 864 g/mol. The van der Waals surface area contributed by atoms with E-state index in [1.807, 2.05) is 0 Å². The normalized spacial score (nSPS) is 13.4. The van der Waals surface area contributed by atoms with E-state index in [1.165, 1.54) is 38.7 Å². The van der Waals surface area contributed by atoms with Gasteiger partial charge in [0.1, 0.15) is 22.3 Å². The van der Waals surface area contributed by atoms with Crippen LogP contribution in [0.15, 0.2) is 197 Å². The largest absolute Gasteiger partial charge is 0.456 e. The number of hydrogen-bond donors (Lipinski definition) is 0. The lowest BCUT2D eigenvalue weighted by molar-refractivity contribution is 0.590. The predicted molar refractivity (Wildman–Crippen MR) is 283 cm³/mol. The van der Waals surface area contributed by atoms with Crippen molar-refractivity contribution in [2.75, 3.05) is 9.71 Å². The van der Waals surface area contributed by atoms with E-state index in [4.69, 9.17) is 8.83 Å². The zero-order valence-electron chi connectivity index (χ0n) is 38.7. The molecule has 0 atom stereocenters. The van der Waals surface area contributed by atoms with Gasteiger partial charge in [-0.3, -0.25) is 0 Å². The number of nitrogens with zero attached hydrogens (tertiary/aromatic N) is 2. The summed E-state index contributed by atoms with van der Waals surface area (Å²) in [5, 5.41) is 4.38. The van der Waals surface area contributed by atoms with E-state index in [0.717, 1.165) is 89.0 Å². The van der Waals surface area contributed by atoms with Crippen LogP contribution in [0.2, 0.25) is 0 Å². The lowest BCUT2D eigenvalue weighted by Crippen LogP contribution is -2.61. The van der Waals surface area contributed by atoms with Crippen LogP contribution in [0.5, 0.6) is 0 Å². The first-order chi connectivity index (χ1) is 32.5. The molecule has 0 saturated carbocycles. The fraction of sp³-hybridized carbons (Fsp3) is 0.129. The van der Waals surface area contributed by atoms with Crippen LogP contribution >= 0.6 is 0 Å². The molecular formula is C62H49BN2O2. The quantitative estimate of drug-likeness (QED) is 0.165. The molecule has 0 bridgehead atoms. The molecule has 2 aliphatic rings. The van der Waals surface area contributed by atoms with E-state index in [9.17, 15) is 0 Å². The van der Waals surface area contributed by atoms with Crippen molar-refractivity contribution in [1.29, 1.82) is 0 Å². The molecule has 2 aromatic heterocycles. The van der Waals surface area contributed by atoms with Crippen molar-refractivity contribution < 1.29 is 8.83 Å². The molecule has 0 spiro atoms. The highest BCUT2D eigenvalue weighted by molar-refractivity contribution is 6.94. The summed E-state index contributed by atoms with van der Waals surface area (Å²) in [6.45, 7) is 13.5. The summed E-state index contributed by atoms with van der Waals surface area (Å²) < 4.78 is 13.9. The number of para-hydroxylation sites is 2. The van der Waals surface area contributed by atoms with Gasteiger partial charge in [-0.1, -0.05) is 175 Å². The Kier molecular flexibility index (Phi) is 8.49. The fourth-order valence-electron chi connectivity index (χ4n) is 11.0. The summed E-state index contributed by atoms with van der Waals surface area (Å²) in [7, 11) is 0.